The van der Waals surface area contributed by atoms with Crippen molar-refractivity contribution in [3.05, 3.63) is 78.0 Å². The summed E-state index contributed by atoms with van der Waals surface area (Å²) in [5.74, 6) is 0.189. The molecular formula is C21H19FN4O. The lowest BCUT2D eigenvalue weighted by Gasteiger charge is -2.17. The topological polar surface area (TPSA) is 53.9 Å². The van der Waals surface area contributed by atoms with Crippen LogP contribution in [0.25, 0.3) is 22.3 Å². The van der Waals surface area contributed by atoms with Crippen molar-refractivity contribution < 1.29 is 9.18 Å². The maximum atomic E-state index is 13.3. The lowest BCUT2D eigenvalue weighted by molar-refractivity contribution is 0.0772. The average molecular weight is 362 g/mol. The van der Waals surface area contributed by atoms with Gasteiger partial charge in [-0.25, -0.2) is 9.37 Å². The van der Waals surface area contributed by atoms with Crippen LogP contribution in [0.4, 0.5) is 4.39 Å². The van der Waals surface area contributed by atoms with E-state index in [4.69, 9.17) is 0 Å². The van der Waals surface area contributed by atoms with Gasteiger partial charge in [0, 0.05) is 19.8 Å². The van der Waals surface area contributed by atoms with Gasteiger partial charge in [-0.2, -0.15) is 0 Å². The molecule has 0 fully saturated rings. The van der Waals surface area contributed by atoms with Crippen LogP contribution in [0.15, 0.2) is 60.7 Å². The molecule has 136 valence electrons. The third-order valence-electron chi connectivity index (χ3n) is 4.64. The van der Waals surface area contributed by atoms with E-state index in [1.807, 2.05) is 54.1 Å². The first-order valence-electron chi connectivity index (χ1n) is 8.63. The average Bonchev–Trinajstić information content (AvgIpc) is 3.24. The summed E-state index contributed by atoms with van der Waals surface area (Å²) in [5.41, 5.74) is 3.93. The number of aromatic nitrogens is 3. The molecule has 0 spiro atoms. The number of halogens is 1. The number of imidazole rings is 1. The van der Waals surface area contributed by atoms with Crippen molar-refractivity contribution in [3.63, 3.8) is 0 Å². The predicted octanol–water partition coefficient (Wildman–Crippen LogP) is 3.98. The summed E-state index contributed by atoms with van der Waals surface area (Å²) in [6.07, 6.45) is 0. The Labute approximate surface area is 156 Å². The molecule has 1 N–H and O–H groups in total. The molecule has 2 heterocycles. The second-order valence-electron chi connectivity index (χ2n) is 6.54. The molecule has 4 aromatic rings. The quantitative estimate of drug-likeness (QED) is 0.597. The zero-order valence-electron chi connectivity index (χ0n) is 15.1. The Morgan fingerprint density at radius 1 is 1.15 bits per heavy atom. The zero-order chi connectivity index (χ0) is 19.0. The third-order valence-corrected chi connectivity index (χ3v) is 4.64. The summed E-state index contributed by atoms with van der Waals surface area (Å²) in [7, 11) is 3.61. The second kappa shape index (κ2) is 6.72. The molecule has 0 aliphatic rings. The second-order valence-corrected chi connectivity index (χ2v) is 6.54. The van der Waals surface area contributed by atoms with E-state index >= 15 is 0 Å². The van der Waals surface area contributed by atoms with Gasteiger partial charge in [-0.05, 0) is 35.9 Å². The number of hydrogen-bond donors (Lipinski definition) is 1. The van der Waals surface area contributed by atoms with Crippen molar-refractivity contribution in [3.8, 4) is 11.3 Å². The standard InChI is InChI=1S/C21H19FN4O/c1-25(13-20-23-16-9-8-15(22)12-17(16)24-20)21(27)19-11-10-18(26(19)2)14-6-4-3-5-7-14/h3-12H,13H2,1-2H3,(H,23,24). The van der Waals surface area contributed by atoms with Gasteiger partial charge in [0.05, 0.1) is 17.6 Å². The van der Waals surface area contributed by atoms with Crippen molar-refractivity contribution in [2.75, 3.05) is 7.05 Å². The number of H-pyrrole nitrogens is 1. The van der Waals surface area contributed by atoms with Crippen LogP contribution in [0.3, 0.4) is 0 Å². The van der Waals surface area contributed by atoms with Crippen LogP contribution < -0.4 is 0 Å². The number of benzene rings is 2. The van der Waals surface area contributed by atoms with Gasteiger partial charge in [-0.15, -0.1) is 0 Å². The molecular weight excluding hydrogens is 343 g/mol. The van der Waals surface area contributed by atoms with Gasteiger partial charge in [0.25, 0.3) is 5.91 Å². The van der Waals surface area contributed by atoms with Crippen LogP contribution in [0.1, 0.15) is 16.3 Å². The monoisotopic (exact) mass is 362 g/mol. The van der Waals surface area contributed by atoms with Gasteiger partial charge >= 0.3 is 0 Å². The van der Waals surface area contributed by atoms with Crippen LogP contribution in [-0.4, -0.2) is 32.4 Å². The minimum absolute atomic E-state index is 0.105. The summed E-state index contributed by atoms with van der Waals surface area (Å²) in [6.45, 7) is 0.307. The van der Waals surface area contributed by atoms with E-state index in [-0.39, 0.29) is 11.7 Å². The summed E-state index contributed by atoms with van der Waals surface area (Å²) in [4.78, 5) is 22.0. The molecule has 2 aromatic carbocycles. The van der Waals surface area contributed by atoms with Crippen molar-refractivity contribution in [1.29, 1.82) is 0 Å². The molecule has 0 aliphatic heterocycles. The fraction of sp³-hybridized carbons (Fsp3) is 0.143. The molecule has 0 unspecified atom stereocenters. The number of carbonyl (C=O) groups is 1. The SMILES string of the molecule is CN(Cc1nc2ccc(F)cc2[nH]1)C(=O)c1ccc(-c2ccccc2)n1C. The highest BCUT2D eigenvalue weighted by Crippen LogP contribution is 2.22. The fourth-order valence-electron chi connectivity index (χ4n) is 3.23. The molecule has 4 rings (SSSR count). The highest BCUT2D eigenvalue weighted by Gasteiger charge is 2.18. The highest BCUT2D eigenvalue weighted by molar-refractivity contribution is 5.93. The van der Waals surface area contributed by atoms with E-state index in [2.05, 4.69) is 9.97 Å². The Hall–Kier alpha value is -3.41. The van der Waals surface area contributed by atoms with Crippen LogP contribution in [0, 0.1) is 5.82 Å². The Kier molecular flexibility index (Phi) is 4.24. The Bertz CT molecular complexity index is 1110. The molecule has 0 radical (unpaired) electrons. The number of fused-ring (bicyclic) bond motifs is 1. The van der Waals surface area contributed by atoms with Gasteiger partial charge < -0.3 is 14.5 Å². The predicted molar refractivity (Wildman–Crippen MR) is 103 cm³/mol. The Morgan fingerprint density at radius 3 is 2.70 bits per heavy atom. The zero-order valence-corrected chi connectivity index (χ0v) is 15.1. The number of rotatable bonds is 4. The molecule has 0 saturated carbocycles. The van der Waals surface area contributed by atoms with E-state index in [0.29, 0.717) is 29.1 Å². The number of nitrogens with zero attached hydrogens (tertiary/aromatic N) is 3. The lowest BCUT2D eigenvalue weighted by Crippen LogP contribution is -2.28. The molecule has 6 heteroatoms. The van der Waals surface area contributed by atoms with Crippen molar-refractivity contribution in [2.45, 2.75) is 6.54 Å². The summed E-state index contributed by atoms with van der Waals surface area (Å²) in [5, 5.41) is 0. The molecule has 27 heavy (non-hydrogen) atoms. The summed E-state index contributed by atoms with van der Waals surface area (Å²) >= 11 is 0. The van der Waals surface area contributed by atoms with Crippen molar-refractivity contribution in [2.24, 2.45) is 7.05 Å². The first kappa shape index (κ1) is 17.0. The van der Waals surface area contributed by atoms with Gasteiger partial charge in [-0.1, -0.05) is 30.3 Å². The van der Waals surface area contributed by atoms with E-state index < -0.39 is 0 Å². The van der Waals surface area contributed by atoms with E-state index in [1.165, 1.54) is 12.1 Å². The van der Waals surface area contributed by atoms with Crippen LogP contribution in [0.5, 0.6) is 0 Å². The first-order valence-corrected chi connectivity index (χ1v) is 8.63. The maximum absolute atomic E-state index is 13.3. The minimum atomic E-state index is -0.320. The van der Waals surface area contributed by atoms with Crippen LogP contribution in [0.2, 0.25) is 0 Å². The van der Waals surface area contributed by atoms with Gasteiger partial charge in [-0.3, -0.25) is 4.79 Å². The number of nitrogens with one attached hydrogen (secondary N) is 1. The molecule has 0 atom stereocenters. The van der Waals surface area contributed by atoms with Gasteiger partial charge in [0.15, 0.2) is 0 Å². The maximum Gasteiger partial charge on any atom is 0.270 e. The first-order chi connectivity index (χ1) is 13.0. The fourth-order valence-corrected chi connectivity index (χ4v) is 3.23. The van der Waals surface area contributed by atoms with Crippen LogP contribution >= 0.6 is 0 Å². The third kappa shape index (κ3) is 3.21. The van der Waals surface area contributed by atoms with Crippen molar-refractivity contribution in [1.82, 2.24) is 19.4 Å². The van der Waals surface area contributed by atoms with Crippen LogP contribution in [-0.2, 0) is 13.6 Å². The minimum Gasteiger partial charge on any atom is -0.340 e. The number of aromatic amines is 1. The highest BCUT2D eigenvalue weighted by atomic mass is 19.1. The lowest BCUT2D eigenvalue weighted by atomic mass is 10.2. The molecule has 0 bridgehead atoms. The van der Waals surface area contributed by atoms with E-state index in [9.17, 15) is 9.18 Å². The number of hydrogen-bond acceptors (Lipinski definition) is 2. The molecule has 0 saturated heterocycles. The summed E-state index contributed by atoms with van der Waals surface area (Å²) in [6, 6.07) is 18.1. The van der Waals surface area contributed by atoms with E-state index in [0.717, 1.165) is 11.3 Å². The van der Waals surface area contributed by atoms with Gasteiger partial charge in [0.2, 0.25) is 0 Å². The largest absolute Gasteiger partial charge is 0.340 e. The Morgan fingerprint density at radius 2 is 1.93 bits per heavy atom. The molecule has 5 nitrogen and oxygen atoms in total. The molecule has 1 amide bonds. The number of carbonyl (C=O) groups excluding carboxylic acids is 1. The molecule has 2 aromatic heterocycles. The number of amides is 1. The normalized spacial score (nSPS) is 11.1. The van der Waals surface area contributed by atoms with E-state index in [1.54, 1.807) is 18.0 Å². The van der Waals surface area contributed by atoms with Gasteiger partial charge in [0.1, 0.15) is 17.3 Å². The van der Waals surface area contributed by atoms with Crippen molar-refractivity contribution >= 4 is 16.9 Å². The molecule has 0 aliphatic carbocycles. The summed E-state index contributed by atoms with van der Waals surface area (Å²) < 4.78 is 15.2. The smallest absolute Gasteiger partial charge is 0.270 e. The Balaban J connectivity index is 1.56.